The summed E-state index contributed by atoms with van der Waals surface area (Å²) in [4.78, 5) is 10.4. The Morgan fingerprint density at radius 3 is 2.63 bits per heavy atom. The first-order valence-corrected chi connectivity index (χ1v) is 7.82. The van der Waals surface area contributed by atoms with Crippen molar-refractivity contribution >= 4 is 34.0 Å². The fraction of sp³-hybridized carbons (Fsp3) is 0.571. The molecule has 0 bridgehead atoms. The molecule has 104 valence electrons. The van der Waals surface area contributed by atoms with Crippen molar-refractivity contribution in [3.8, 4) is 0 Å². The number of benzene rings is 1. The molecule has 0 unspecified atom stereocenters. The Kier molecular flexibility index (Phi) is 4.65. The minimum absolute atomic E-state index is 0.154. The van der Waals surface area contributed by atoms with E-state index in [-0.39, 0.29) is 10.6 Å². The van der Waals surface area contributed by atoms with Crippen molar-refractivity contribution in [2.75, 3.05) is 11.9 Å². The Labute approximate surface area is 127 Å². The van der Waals surface area contributed by atoms with Crippen LogP contribution < -0.4 is 5.32 Å². The molecule has 0 aliphatic heterocycles. The molecule has 1 fully saturated rings. The molecule has 0 saturated heterocycles. The first-order chi connectivity index (χ1) is 9.06. The molecule has 0 radical (unpaired) electrons. The molecule has 1 aliphatic carbocycles. The lowest BCUT2D eigenvalue weighted by molar-refractivity contribution is -0.384. The van der Waals surface area contributed by atoms with Gasteiger partial charge in [0.15, 0.2) is 0 Å². The number of nitrogens with zero attached hydrogens (tertiary/aromatic N) is 1. The fourth-order valence-electron chi connectivity index (χ4n) is 2.82. The predicted molar refractivity (Wildman–Crippen MR) is 85.5 cm³/mol. The van der Waals surface area contributed by atoms with E-state index in [1.807, 2.05) is 6.07 Å². The third-order valence-electron chi connectivity index (χ3n) is 4.23. The van der Waals surface area contributed by atoms with E-state index in [1.165, 1.54) is 32.1 Å². The molecule has 1 aromatic carbocycles. The summed E-state index contributed by atoms with van der Waals surface area (Å²) in [5, 5.41) is 14.2. The van der Waals surface area contributed by atoms with Gasteiger partial charge in [-0.1, -0.05) is 19.8 Å². The standard InChI is InChI=1S/C14H19IN2O2/c1-2-14(7-3-4-8-14)10-16-13-6-5-11(17(18)19)9-12(13)15/h5-6,9,16H,2-4,7-8,10H2,1H3. The summed E-state index contributed by atoms with van der Waals surface area (Å²) in [5.41, 5.74) is 1.58. The monoisotopic (exact) mass is 374 g/mol. The lowest BCUT2D eigenvalue weighted by Crippen LogP contribution is -2.26. The Hall–Kier alpha value is -0.850. The van der Waals surface area contributed by atoms with Crippen LogP contribution in [0.15, 0.2) is 18.2 Å². The maximum absolute atomic E-state index is 10.7. The minimum Gasteiger partial charge on any atom is -0.384 e. The number of nitro benzene ring substituents is 1. The van der Waals surface area contributed by atoms with E-state index in [4.69, 9.17) is 0 Å². The predicted octanol–water partition coefficient (Wildman–Crippen LogP) is 4.58. The Morgan fingerprint density at radius 1 is 1.42 bits per heavy atom. The van der Waals surface area contributed by atoms with Crippen LogP contribution in [0.2, 0.25) is 0 Å². The third-order valence-corrected chi connectivity index (χ3v) is 5.12. The summed E-state index contributed by atoms with van der Waals surface area (Å²) in [6.07, 6.45) is 6.43. The first-order valence-electron chi connectivity index (χ1n) is 6.74. The normalized spacial score (nSPS) is 17.4. The summed E-state index contributed by atoms with van der Waals surface area (Å²) in [6, 6.07) is 5.01. The average Bonchev–Trinajstić information content (AvgIpc) is 2.86. The van der Waals surface area contributed by atoms with Gasteiger partial charge in [0.1, 0.15) is 0 Å². The van der Waals surface area contributed by atoms with E-state index in [0.29, 0.717) is 5.41 Å². The Balaban J connectivity index is 2.05. The lowest BCUT2D eigenvalue weighted by Gasteiger charge is -2.28. The van der Waals surface area contributed by atoms with Gasteiger partial charge >= 0.3 is 0 Å². The van der Waals surface area contributed by atoms with E-state index in [9.17, 15) is 10.1 Å². The number of non-ortho nitro benzene ring substituents is 1. The van der Waals surface area contributed by atoms with Crippen molar-refractivity contribution in [1.29, 1.82) is 0 Å². The molecule has 19 heavy (non-hydrogen) atoms. The van der Waals surface area contributed by atoms with Crippen LogP contribution in [0.3, 0.4) is 0 Å². The van der Waals surface area contributed by atoms with Gasteiger partial charge in [-0.05, 0) is 53.3 Å². The van der Waals surface area contributed by atoms with Crippen LogP contribution in [0.4, 0.5) is 11.4 Å². The van der Waals surface area contributed by atoms with Crippen LogP contribution in [-0.2, 0) is 0 Å². The van der Waals surface area contributed by atoms with Gasteiger partial charge in [0.05, 0.1) is 4.92 Å². The first kappa shape index (κ1) is 14.6. The van der Waals surface area contributed by atoms with E-state index >= 15 is 0 Å². The molecule has 4 nitrogen and oxygen atoms in total. The molecule has 0 amide bonds. The van der Waals surface area contributed by atoms with Crippen LogP contribution in [0.1, 0.15) is 39.0 Å². The molecule has 5 heteroatoms. The van der Waals surface area contributed by atoms with Crippen LogP contribution >= 0.6 is 22.6 Å². The van der Waals surface area contributed by atoms with Gasteiger partial charge in [-0.3, -0.25) is 10.1 Å². The molecule has 1 saturated carbocycles. The quantitative estimate of drug-likeness (QED) is 0.466. The molecule has 0 aromatic heterocycles. The maximum Gasteiger partial charge on any atom is 0.270 e. The van der Waals surface area contributed by atoms with Crippen LogP contribution in [0, 0.1) is 19.1 Å². The topological polar surface area (TPSA) is 55.2 Å². The summed E-state index contributed by atoms with van der Waals surface area (Å²) >= 11 is 2.16. The van der Waals surface area contributed by atoms with Crippen molar-refractivity contribution < 1.29 is 4.92 Å². The zero-order valence-electron chi connectivity index (χ0n) is 11.1. The van der Waals surface area contributed by atoms with E-state index in [2.05, 4.69) is 34.8 Å². The smallest absolute Gasteiger partial charge is 0.270 e. The average molecular weight is 374 g/mol. The fourth-order valence-corrected chi connectivity index (χ4v) is 3.51. The number of anilines is 1. The zero-order chi connectivity index (χ0) is 13.9. The lowest BCUT2D eigenvalue weighted by atomic mass is 9.83. The SMILES string of the molecule is CCC1(CNc2ccc([N+](=O)[O-])cc2I)CCCC1. The molecule has 0 spiro atoms. The number of rotatable bonds is 5. The molecular formula is C14H19IN2O2. The highest BCUT2D eigenvalue weighted by atomic mass is 127. The van der Waals surface area contributed by atoms with Gasteiger partial charge in [-0.25, -0.2) is 0 Å². The largest absolute Gasteiger partial charge is 0.384 e. The summed E-state index contributed by atoms with van der Waals surface area (Å²) < 4.78 is 0.913. The van der Waals surface area contributed by atoms with Crippen molar-refractivity contribution in [1.82, 2.24) is 0 Å². The van der Waals surface area contributed by atoms with Gasteiger partial charge in [-0.2, -0.15) is 0 Å². The number of hydrogen-bond acceptors (Lipinski definition) is 3. The van der Waals surface area contributed by atoms with Crippen molar-refractivity contribution in [3.63, 3.8) is 0 Å². The Bertz CT molecular complexity index is 471. The second kappa shape index (κ2) is 6.07. The summed E-state index contributed by atoms with van der Waals surface area (Å²) in [6.45, 7) is 3.23. The highest BCUT2D eigenvalue weighted by molar-refractivity contribution is 14.1. The highest BCUT2D eigenvalue weighted by Gasteiger charge is 2.31. The number of halogens is 1. The van der Waals surface area contributed by atoms with Gasteiger partial charge < -0.3 is 5.32 Å². The summed E-state index contributed by atoms with van der Waals surface area (Å²) in [5.74, 6) is 0. The van der Waals surface area contributed by atoms with Gasteiger partial charge in [0, 0.05) is 27.9 Å². The van der Waals surface area contributed by atoms with Crippen LogP contribution in [-0.4, -0.2) is 11.5 Å². The second-order valence-corrected chi connectivity index (χ2v) is 6.50. The molecule has 1 aliphatic rings. The Morgan fingerprint density at radius 2 is 2.11 bits per heavy atom. The molecule has 0 atom stereocenters. The molecule has 1 aromatic rings. The zero-order valence-corrected chi connectivity index (χ0v) is 13.3. The number of hydrogen-bond donors (Lipinski definition) is 1. The third kappa shape index (κ3) is 3.38. The van der Waals surface area contributed by atoms with Gasteiger partial charge in [0.25, 0.3) is 5.69 Å². The highest BCUT2D eigenvalue weighted by Crippen LogP contribution is 2.41. The molecule has 2 rings (SSSR count). The van der Waals surface area contributed by atoms with E-state index in [1.54, 1.807) is 12.1 Å². The molecular weight excluding hydrogens is 355 g/mol. The van der Waals surface area contributed by atoms with Crippen LogP contribution in [0.25, 0.3) is 0 Å². The van der Waals surface area contributed by atoms with Crippen molar-refractivity contribution in [3.05, 3.63) is 31.9 Å². The number of nitro groups is 1. The van der Waals surface area contributed by atoms with Crippen molar-refractivity contribution in [2.45, 2.75) is 39.0 Å². The number of nitrogens with one attached hydrogen (secondary N) is 1. The van der Waals surface area contributed by atoms with Gasteiger partial charge in [-0.15, -0.1) is 0 Å². The van der Waals surface area contributed by atoms with Crippen molar-refractivity contribution in [2.24, 2.45) is 5.41 Å². The van der Waals surface area contributed by atoms with Crippen LogP contribution in [0.5, 0.6) is 0 Å². The van der Waals surface area contributed by atoms with E-state index in [0.717, 1.165) is 15.8 Å². The maximum atomic E-state index is 10.7. The molecule has 0 heterocycles. The van der Waals surface area contributed by atoms with E-state index < -0.39 is 0 Å². The van der Waals surface area contributed by atoms with Gasteiger partial charge in [0.2, 0.25) is 0 Å². The minimum atomic E-state index is -0.351. The summed E-state index contributed by atoms with van der Waals surface area (Å²) in [7, 11) is 0. The second-order valence-electron chi connectivity index (χ2n) is 5.34. The molecule has 1 N–H and O–H groups in total.